The zero-order chi connectivity index (χ0) is 15.5. The van der Waals surface area contributed by atoms with Crippen LogP contribution in [0.1, 0.15) is 12.0 Å². The van der Waals surface area contributed by atoms with Gasteiger partial charge in [0.05, 0.1) is 17.8 Å². The number of alkyl halides is 3. The highest BCUT2D eigenvalue weighted by molar-refractivity contribution is 5.92. The molecule has 1 saturated heterocycles. The Hall–Kier alpha value is -2.25. The van der Waals surface area contributed by atoms with Gasteiger partial charge in [-0.15, -0.1) is 0 Å². The lowest BCUT2D eigenvalue weighted by molar-refractivity contribution is -0.137. The highest BCUT2D eigenvalue weighted by Gasteiger charge is 2.33. The molecule has 2 amide bonds. The Morgan fingerprint density at radius 1 is 1.33 bits per heavy atom. The number of ether oxygens (including phenoxy) is 1. The third-order valence-electron chi connectivity index (χ3n) is 2.96. The first-order valence-electron chi connectivity index (χ1n) is 6.25. The normalized spacial score (nSPS) is 15.0. The van der Waals surface area contributed by atoms with Crippen LogP contribution >= 0.6 is 0 Å². The number of nitrogens with zero attached hydrogens (tertiary/aromatic N) is 1. The molecule has 0 atom stereocenters. The predicted molar refractivity (Wildman–Crippen MR) is 67.6 cm³/mol. The summed E-state index contributed by atoms with van der Waals surface area (Å²) in [6.07, 6.45) is -5.15. The van der Waals surface area contributed by atoms with Crippen molar-refractivity contribution < 1.29 is 27.5 Å². The van der Waals surface area contributed by atoms with Crippen molar-refractivity contribution in [3.63, 3.8) is 0 Å². The SMILES string of the molecule is O=C(CCN1CCOC1=O)Nc1ccccc1C(F)(F)F. The average molecular weight is 302 g/mol. The van der Waals surface area contributed by atoms with Crippen LogP contribution in [0.2, 0.25) is 0 Å². The molecule has 0 saturated carbocycles. The van der Waals surface area contributed by atoms with Gasteiger partial charge in [0.1, 0.15) is 6.61 Å². The van der Waals surface area contributed by atoms with E-state index in [0.717, 1.165) is 6.07 Å². The van der Waals surface area contributed by atoms with Crippen LogP contribution in [0.4, 0.5) is 23.7 Å². The molecule has 1 fully saturated rings. The Bertz CT molecular complexity index is 546. The molecule has 0 unspecified atom stereocenters. The highest BCUT2D eigenvalue weighted by atomic mass is 19.4. The molecule has 1 heterocycles. The third kappa shape index (κ3) is 3.87. The van der Waals surface area contributed by atoms with Gasteiger partial charge in [-0.25, -0.2) is 4.79 Å². The third-order valence-corrected chi connectivity index (χ3v) is 2.96. The van der Waals surface area contributed by atoms with Gasteiger partial charge in [-0.3, -0.25) is 4.79 Å². The molecular weight excluding hydrogens is 289 g/mol. The number of halogens is 3. The maximum atomic E-state index is 12.8. The summed E-state index contributed by atoms with van der Waals surface area (Å²) in [5.74, 6) is -0.591. The van der Waals surface area contributed by atoms with Gasteiger partial charge in [-0.1, -0.05) is 12.1 Å². The lowest BCUT2D eigenvalue weighted by Gasteiger charge is -2.15. The smallest absolute Gasteiger partial charge is 0.418 e. The number of hydrogen-bond donors (Lipinski definition) is 1. The molecule has 0 spiro atoms. The van der Waals surface area contributed by atoms with Gasteiger partial charge in [0.25, 0.3) is 0 Å². The summed E-state index contributed by atoms with van der Waals surface area (Å²) >= 11 is 0. The van der Waals surface area contributed by atoms with Gasteiger partial charge < -0.3 is 15.0 Å². The quantitative estimate of drug-likeness (QED) is 0.929. The van der Waals surface area contributed by atoms with Gasteiger partial charge in [0.2, 0.25) is 5.91 Å². The number of para-hydroxylation sites is 1. The van der Waals surface area contributed by atoms with E-state index in [4.69, 9.17) is 0 Å². The van der Waals surface area contributed by atoms with Gasteiger partial charge in [-0.2, -0.15) is 13.2 Å². The van der Waals surface area contributed by atoms with E-state index in [1.54, 1.807) is 0 Å². The monoisotopic (exact) mass is 302 g/mol. The van der Waals surface area contributed by atoms with E-state index in [2.05, 4.69) is 10.1 Å². The fourth-order valence-corrected chi connectivity index (χ4v) is 1.92. The van der Waals surface area contributed by atoms with Crippen molar-refractivity contribution in [2.24, 2.45) is 0 Å². The number of benzene rings is 1. The fourth-order valence-electron chi connectivity index (χ4n) is 1.92. The number of cyclic esters (lactones) is 1. The van der Waals surface area contributed by atoms with Gasteiger partial charge in [0, 0.05) is 13.0 Å². The average Bonchev–Trinajstić information content (AvgIpc) is 2.81. The Kier molecular flexibility index (Phi) is 4.35. The first-order chi connectivity index (χ1) is 9.88. The fraction of sp³-hybridized carbons (Fsp3) is 0.385. The molecule has 1 aliphatic rings. The molecule has 0 bridgehead atoms. The van der Waals surface area contributed by atoms with Crippen LogP contribution in [0.3, 0.4) is 0 Å². The molecule has 2 rings (SSSR count). The molecule has 8 heteroatoms. The molecule has 5 nitrogen and oxygen atoms in total. The van der Waals surface area contributed by atoms with Crippen molar-refractivity contribution in [2.45, 2.75) is 12.6 Å². The highest BCUT2D eigenvalue weighted by Crippen LogP contribution is 2.34. The van der Waals surface area contributed by atoms with Crippen LogP contribution in [0.25, 0.3) is 0 Å². The van der Waals surface area contributed by atoms with Gasteiger partial charge >= 0.3 is 12.3 Å². The lowest BCUT2D eigenvalue weighted by Crippen LogP contribution is -2.28. The second-order valence-corrected chi connectivity index (χ2v) is 4.44. The van der Waals surface area contributed by atoms with Crippen molar-refractivity contribution in [3.8, 4) is 0 Å². The summed E-state index contributed by atoms with van der Waals surface area (Å²) in [7, 11) is 0. The van der Waals surface area contributed by atoms with Crippen molar-refractivity contribution >= 4 is 17.7 Å². The summed E-state index contributed by atoms with van der Waals surface area (Å²) < 4.78 is 43.0. The number of hydrogen-bond acceptors (Lipinski definition) is 3. The summed E-state index contributed by atoms with van der Waals surface area (Å²) in [5.41, 5.74) is -1.20. The van der Waals surface area contributed by atoms with E-state index in [9.17, 15) is 22.8 Å². The summed E-state index contributed by atoms with van der Waals surface area (Å²) in [6, 6.07) is 4.74. The number of nitrogens with one attached hydrogen (secondary N) is 1. The van der Waals surface area contributed by atoms with Crippen LogP contribution in [0, 0.1) is 0 Å². The largest absolute Gasteiger partial charge is 0.448 e. The molecular formula is C13H13F3N2O3. The van der Waals surface area contributed by atoms with E-state index in [-0.39, 0.29) is 25.3 Å². The van der Waals surface area contributed by atoms with Crippen molar-refractivity contribution in [1.29, 1.82) is 0 Å². The van der Waals surface area contributed by atoms with E-state index in [0.29, 0.717) is 6.54 Å². The van der Waals surface area contributed by atoms with E-state index in [1.807, 2.05) is 0 Å². The summed E-state index contributed by atoms with van der Waals surface area (Å²) in [5, 5.41) is 2.22. The Balaban J connectivity index is 1.95. The lowest BCUT2D eigenvalue weighted by atomic mass is 10.1. The van der Waals surface area contributed by atoms with Crippen molar-refractivity contribution in [3.05, 3.63) is 29.8 Å². The number of amides is 2. The molecule has 0 aliphatic carbocycles. The Morgan fingerprint density at radius 3 is 2.67 bits per heavy atom. The van der Waals surface area contributed by atoms with E-state index in [1.165, 1.54) is 23.1 Å². The summed E-state index contributed by atoms with van der Waals surface area (Å²) in [4.78, 5) is 24.2. The summed E-state index contributed by atoms with van der Waals surface area (Å²) in [6.45, 7) is 0.751. The number of rotatable bonds is 4. The van der Waals surface area contributed by atoms with Gasteiger partial charge in [-0.05, 0) is 12.1 Å². The maximum Gasteiger partial charge on any atom is 0.418 e. The Morgan fingerprint density at radius 2 is 2.05 bits per heavy atom. The molecule has 114 valence electrons. The number of carbonyl (C=O) groups is 2. The topological polar surface area (TPSA) is 58.6 Å². The molecule has 1 aromatic rings. The number of carbonyl (C=O) groups excluding carboxylic acids is 2. The van der Waals surface area contributed by atoms with Crippen LogP contribution in [-0.2, 0) is 15.7 Å². The van der Waals surface area contributed by atoms with Crippen LogP contribution in [0.5, 0.6) is 0 Å². The van der Waals surface area contributed by atoms with Crippen LogP contribution < -0.4 is 5.32 Å². The maximum absolute atomic E-state index is 12.8. The van der Waals surface area contributed by atoms with E-state index >= 15 is 0 Å². The molecule has 0 radical (unpaired) electrons. The minimum atomic E-state index is -4.54. The predicted octanol–water partition coefficient (Wildman–Crippen LogP) is 2.49. The zero-order valence-electron chi connectivity index (χ0n) is 10.9. The molecule has 1 aliphatic heterocycles. The van der Waals surface area contributed by atoms with Crippen molar-refractivity contribution in [2.75, 3.05) is 25.0 Å². The first kappa shape index (κ1) is 15.1. The van der Waals surface area contributed by atoms with E-state index < -0.39 is 23.7 Å². The second-order valence-electron chi connectivity index (χ2n) is 4.44. The second kappa shape index (κ2) is 6.02. The molecule has 0 aromatic heterocycles. The number of anilines is 1. The molecule has 1 N–H and O–H groups in total. The van der Waals surface area contributed by atoms with Gasteiger partial charge in [0.15, 0.2) is 0 Å². The minimum Gasteiger partial charge on any atom is -0.448 e. The minimum absolute atomic E-state index is 0.0959. The van der Waals surface area contributed by atoms with Crippen LogP contribution in [-0.4, -0.2) is 36.6 Å². The zero-order valence-corrected chi connectivity index (χ0v) is 10.9. The standard InChI is InChI=1S/C13H13F3N2O3/c14-13(15,16)9-3-1-2-4-10(9)17-11(19)5-6-18-7-8-21-12(18)20/h1-4H,5-8H2,(H,17,19). The molecule has 1 aromatic carbocycles. The Labute approximate surface area is 118 Å². The van der Waals surface area contributed by atoms with Crippen LogP contribution in [0.15, 0.2) is 24.3 Å². The van der Waals surface area contributed by atoms with Crippen molar-refractivity contribution in [1.82, 2.24) is 4.90 Å². The first-order valence-corrected chi connectivity index (χ1v) is 6.25. The molecule has 21 heavy (non-hydrogen) atoms.